The molecular formula is C18H17NO3S. The molecule has 1 aromatic heterocycles. The van der Waals surface area contributed by atoms with Crippen LogP contribution in [-0.4, -0.2) is 17.4 Å². The zero-order valence-electron chi connectivity index (χ0n) is 13.1. The van der Waals surface area contributed by atoms with Crippen molar-refractivity contribution in [3.05, 3.63) is 57.0 Å². The summed E-state index contributed by atoms with van der Waals surface area (Å²) in [6.07, 6.45) is 0. The van der Waals surface area contributed by atoms with E-state index in [-0.39, 0.29) is 5.78 Å². The lowest BCUT2D eigenvalue weighted by atomic mass is 10.0. The van der Waals surface area contributed by atoms with Crippen molar-refractivity contribution in [2.75, 3.05) is 6.73 Å². The molecule has 0 spiro atoms. The van der Waals surface area contributed by atoms with Gasteiger partial charge in [-0.2, -0.15) is 0 Å². The van der Waals surface area contributed by atoms with Gasteiger partial charge in [0.05, 0.1) is 11.1 Å². The van der Waals surface area contributed by atoms with E-state index in [0.717, 1.165) is 30.0 Å². The van der Waals surface area contributed by atoms with Crippen molar-refractivity contribution in [1.82, 2.24) is 4.90 Å². The van der Waals surface area contributed by atoms with Crippen LogP contribution in [0, 0.1) is 0 Å². The van der Waals surface area contributed by atoms with Gasteiger partial charge in [0, 0.05) is 18.0 Å². The van der Waals surface area contributed by atoms with Gasteiger partial charge < -0.3 is 9.47 Å². The van der Waals surface area contributed by atoms with Gasteiger partial charge in [-0.25, -0.2) is 0 Å². The van der Waals surface area contributed by atoms with Gasteiger partial charge in [-0.3, -0.25) is 9.69 Å². The van der Waals surface area contributed by atoms with Crippen LogP contribution in [0.1, 0.15) is 34.6 Å². The van der Waals surface area contributed by atoms with Crippen LogP contribution in [0.25, 0.3) is 0 Å². The molecule has 4 nitrogen and oxygen atoms in total. The lowest BCUT2D eigenvalue weighted by molar-refractivity contribution is 0.0881. The summed E-state index contributed by atoms with van der Waals surface area (Å²) in [5.74, 6) is 1.90. The van der Waals surface area contributed by atoms with Gasteiger partial charge in [0.1, 0.15) is 18.2 Å². The quantitative estimate of drug-likeness (QED) is 0.783. The first-order valence-corrected chi connectivity index (χ1v) is 8.45. The van der Waals surface area contributed by atoms with Crippen LogP contribution in [0.2, 0.25) is 0 Å². The van der Waals surface area contributed by atoms with E-state index in [1.165, 1.54) is 4.88 Å². The number of ether oxygens (including phenoxy) is 2. The third-order valence-electron chi connectivity index (χ3n) is 4.07. The molecule has 0 N–H and O–H groups in total. The summed E-state index contributed by atoms with van der Waals surface area (Å²) in [5, 5.41) is 2.08. The predicted molar refractivity (Wildman–Crippen MR) is 88.8 cm³/mol. The van der Waals surface area contributed by atoms with Gasteiger partial charge in [0.15, 0.2) is 5.76 Å². The second kappa shape index (κ2) is 5.51. The maximum absolute atomic E-state index is 12.4. The molecule has 0 saturated carbocycles. The van der Waals surface area contributed by atoms with E-state index in [0.29, 0.717) is 23.8 Å². The number of fused-ring (bicyclic) bond motifs is 3. The Kier molecular flexibility index (Phi) is 3.47. The second-order valence-electron chi connectivity index (χ2n) is 6.02. The summed E-state index contributed by atoms with van der Waals surface area (Å²) >= 11 is 1.74. The zero-order chi connectivity index (χ0) is 16.0. The third-order valence-corrected chi connectivity index (χ3v) is 4.93. The SMILES string of the molecule is CC(C)=C1Oc2c(ccc3c2CN(Cc2cccs2)CO3)C1=O. The highest BCUT2D eigenvalue weighted by Crippen LogP contribution is 2.42. The molecule has 2 aromatic rings. The molecule has 23 heavy (non-hydrogen) atoms. The molecule has 3 heterocycles. The fourth-order valence-electron chi connectivity index (χ4n) is 2.94. The van der Waals surface area contributed by atoms with Crippen LogP contribution < -0.4 is 9.47 Å². The Morgan fingerprint density at radius 3 is 2.91 bits per heavy atom. The number of hydrogen-bond donors (Lipinski definition) is 0. The second-order valence-corrected chi connectivity index (χ2v) is 7.05. The van der Waals surface area contributed by atoms with E-state index >= 15 is 0 Å². The van der Waals surface area contributed by atoms with Gasteiger partial charge in [0.2, 0.25) is 5.78 Å². The van der Waals surface area contributed by atoms with Crippen molar-refractivity contribution in [2.45, 2.75) is 26.9 Å². The lowest BCUT2D eigenvalue weighted by Crippen LogP contribution is -2.31. The molecule has 5 heteroatoms. The number of ketones is 1. The number of carbonyl (C=O) groups excluding carboxylic acids is 1. The predicted octanol–water partition coefficient (Wildman–Crippen LogP) is 3.97. The zero-order valence-corrected chi connectivity index (χ0v) is 13.9. The largest absolute Gasteiger partial charge is 0.478 e. The first-order valence-electron chi connectivity index (χ1n) is 7.57. The number of rotatable bonds is 2. The average Bonchev–Trinajstić information content (AvgIpc) is 3.15. The van der Waals surface area contributed by atoms with Gasteiger partial charge in [-0.1, -0.05) is 6.07 Å². The first kappa shape index (κ1) is 14.5. The lowest BCUT2D eigenvalue weighted by Gasteiger charge is -2.29. The monoisotopic (exact) mass is 327 g/mol. The third kappa shape index (κ3) is 2.46. The Morgan fingerprint density at radius 2 is 2.17 bits per heavy atom. The summed E-state index contributed by atoms with van der Waals surface area (Å²) in [6.45, 7) is 5.90. The molecule has 0 amide bonds. The number of hydrogen-bond acceptors (Lipinski definition) is 5. The van der Waals surface area contributed by atoms with Crippen molar-refractivity contribution >= 4 is 17.1 Å². The molecule has 118 valence electrons. The van der Waals surface area contributed by atoms with Gasteiger partial charge in [0.25, 0.3) is 0 Å². The fourth-order valence-corrected chi connectivity index (χ4v) is 3.69. The molecule has 0 saturated heterocycles. The smallest absolute Gasteiger partial charge is 0.231 e. The average molecular weight is 327 g/mol. The summed E-state index contributed by atoms with van der Waals surface area (Å²) in [4.78, 5) is 15.9. The minimum atomic E-state index is -0.0295. The Balaban J connectivity index is 1.67. The maximum Gasteiger partial charge on any atom is 0.231 e. The minimum absolute atomic E-state index is 0.0295. The minimum Gasteiger partial charge on any atom is -0.478 e. The fraction of sp³-hybridized carbons (Fsp3) is 0.278. The molecular weight excluding hydrogens is 310 g/mol. The highest BCUT2D eigenvalue weighted by Gasteiger charge is 2.34. The maximum atomic E-state index is 12.4. The van der Waals surface area contributed by atoms with Gasteiger partial charge in [-0.05, 0) is 43.0 Å². The van der Waals surface area contributed by atoms with E-state index in [9.17, 15) is 4.79 Å². The van der Waals surface area contributed by atoms with Crippen LogP contribution in [0.15, 0.2) is 41.0 Å². The normalized spacial score (nSPS) is 16.6. The van der Waals surface area contributed by atoms with Gasteiger partial charge >= 0.3 is 0 Å². The molecule has 0 aliphatic carbocycles. The van der Waals surface area contributed by atoms with E-state index in [1.807, 2.05) is 19.9 Å². The summed E-state index contributed by atoms with van der Waals surface area (Å²) in [6, 6.07) is 7.86. The van der Waals surface area contributed by atoms with Crippen LogP contribution in [0.3, 0.4) is 0 Å². The molecule has 2 aliphatic rings. The van der Waals surface area contributed by atoms with E-state index in [4.69, 9.17) is 9.47 Å². The topological polar surface area (TPSA) is 38.8 Å². The molecule has 0 fully saturated rings. The number of thiophene rings is 1. The molecule has 0 radical (unpaired) electrons. The van der Waals surface area contributed by atoms with Crippen molar-refractivity contribution in [3.63, 3.8) is 0 Å². The highest BCUT2D eigenvalue weighted by molar-refractivity contribution is 7.09. The van der Waals surface area contributed by atoms with Crippen LogP contribution >= 0.6 is 11.3 Å². The number of allylic oxidation sites excluding steroid dienone is 2. The highest BCUT2D eigenvalue weighted by atomic mass is 32.1. The van der Waals surface area contributed by atoms with Crippen molar-refractivity contribution in [3.8, 4) is 11.5 Å². The van der Waals surface area contributed by atoms with Crippen LogP contribution in [0.5, 0.6) is 11.5 Å². The summed E-state index contributed by atoms with van der Waals surface area (Å²) in [7, 11) is 0. The van der Waals surface area contributed by atoms with E-state index < -0.39 is 0 Å². The number of Topliss-reactive ketones (excluding diaryl/α,β-unsaturated/α-hetero) is 1. The summed E-state index contributed by atoms with van der Waals surface area (Å²) in [5.41, 5.74) is 2.50. The first-order chi connectivity index (χ1) is 11.1. The Morgan fingerprint density at radius 1 is 1.30 bits per heavy atom. The molecule has 1 aromatic carbocycles. The molecule has 4 rings (SSSR count). The van der Waals surface area contributed by atoms with Crippen LogP contribution in [-0.2, 0) is 13.1 Å². The van der Waals surface area contributed by atoms with Crippen LogP contribution in [0.4, 0.5) is 0 Å². The molecule has 2 aliphatic heterocycles. The Hall–Kier alpha value is -2.11. The molecule has 0 bridgehead atoms. The standard InChI is InChI=1S/C18H17NO3S/c1-11(2)17-16(20)13-5-6-15-14(18(13)22-17)9-19(10-21-15)8-12-4-3-7-23-12/h3-7H,8-10H2,1-2H3. The number of carbonyl (C=O) groups is 1. The number of nitrogens with zero attached hydrogens (tertiary/aromatic N) is 1. The Labute approximate surface area is 138 Å². The van der Waals surface area contributed by atoms with E-state index in [1.54, 1.807) is 17.4 Å². The Bertz CT molecular complexity index is 804. The van der Waals surface area contributed by atoms with E-state index in [2.05, 4.69) is 22.4 Å². The molecule has 0 atom stereocenters. The van der Waals surface area contributed by atoms with Crippen molar-refractivity contribution in [1.29, 1.82) is 0 Å². The number of benzene rings is 1. The molecule has 0 unspecified atom stereocenters. The summed E-state index contributed by atoms with van der Waals surface area (Å²) < 4.78 is 11.8. The van der Waals surface area contributed by atoms with Crippen molar-refractivity contribution < 1.29 is 14.3 Å². The van der Waals surface area contributed by atoms with Crippen molar-refractivity contribution in [2.24, 2.45) is 0 Å². The van der Waals surface area contributed by atoms with Gasteiger partial charge in [-0.15, -0.1) is 11.3 Å².